The molecule has 1 N–H and O–H groups in total. The molecule has 170 valence electrons. The molecule has 2 aromatic rings. The molecular formula is C20H14Cl2F3IN2O4. The van der Waals surface area contributed by atoms with Gasteiger partial charge in [-0.2, -0.15) is 13.2 Å². The van der Waals surface area contributed by atoms with Crippen molar-refractivity contribution >= 4 is 63.5 Å². The van der Waals surface area contributed by atoms with Gasteiger partial charge in [-0.25, -0.2) is 4.79 Å². The van der Waals surface area contributed by atoms with Crippen molar-refractivity contribution in [3.05, 3.63) is 66.2 Å². The average molecular weight is 601 g/mol. The van der Waals surface area contributed by atoms with E-state index >= 15 is 0 Å². The molecule has 32 heavy (non-hydrogen) atoms. The van der Waals surface area contributed by atoms with Crippen molar-refractivity contribution in [2.45, 2.75) is 25.1 Å². The quantitative estimate of drug-likeness (QED) is 0.440. The van der Waals surface area contributed by atoms with Gasteiger partial charge in [-0.15, -0.1) is 0 Å². The minimum absolute atomic E-state index is 0.0272. The number of carbonyl (C=O) groups excluding carboxylic acids is 2. The summed E-state index contributed by atoms with van der Waals surface area (Å²) in [6, 6.07) is 6.56. The molecule has 1 unspecified atom stereocenters. The summed E-state index contributed by atoms with van der Waals surface area (Å²) in [5.41, 5.74) is -2.08. The second kappa shape index (κ2) is 9.06. The number of aryl methyl sites for hydroxylation is 1. The van der Waals surface area contributed by atoms with Gasteiger partial charge in [0.1, 0.15) is 0 Å². The largest absolute Gasteiger partial charge is 0.453 e. The van der Waals surface area contributed by atoms with E-state index in [1.54, 1.807) is 6.92 Å². The second-order valence-electron chi connectivity index (χ2n) is 6.88. The number of benzene rings is 2. The summed E-state index contributed by atoms with van der Waals surface area (Å²) in [7, 11) is 1.11. The van der Waals surface area contributed by atoms with Gasteiger partial charge < -0.3 is 9.57 Å². The molecule has 1 aliphatic heterocycles. The second-order valence-corrected chi connectivity index (χ2v) is 8.92. The van der Waals surface area contributed by atoms with E-state index in [1.165, 1.54) is 18.2 Å². The van der Waals surface area contributed by atoms with Crippen LogP contribution in [0.3, 0.4) is 0 Å². The summed E-state index contributed by atoms with van der Waals surface area (Å²) >= 11 is 13.7. The van der Waals surface area contributed by atoms with Crippen LogP contribution in [0.25, 0.3) is 0 Å². The molecule has 0 saturated carbocycles. The Morgan fingerprint density at radius 1 is 1.19 bits per heavy atom. The number of carbonyl (C=O) groups is 2. The summed E-state index contributed by atoms with van der Waals surface area (Å²) in [5, 5.41) is 5.82. The fraction of sp³-hybridized carbons (Fsp3) is 0.250. The fourth-order valence-electron chi connectivity index (χ4n) is 3.25. The molecule has 12 heteroatoms. The summed E-state index contributed by atoms with van der Waals surface area (Å²) in [6.07, 6.45) is -6.39. The molecule has 1 heterocycles. The Morgan fingerprint density at radius 2 is 1.81 bits per heavy atom. The summed E-state index contributed by atoms with van der Waals surface area (Å²) in [6.45, 7) is 1.59. The number of imide groups is 1. The van der Waals surface area contributed by atoms with Crippen LogP contribution in [0.2, 0.25) is 10.0 Å². The molecule has 6 nitrogen and oxygen atoms in total. The average Bonchev–Trinajstić information content (AvgIpc) is 3.13. The van der Waals surface area contributed by atoms with E-state index in [0.29, 0.717) is 14.7 Å². The molecule has 1 aliphatic rings. The number of ether oxygens (including phenoxy) is 1. The van der Waals surface area contributed by atoms with Crippen molar-refractivity contribution in [1.29, 1.82) is 0 Å². The third-order valence-corrected chi connectivity index (χ3v) is 6.05. The number of halogens is 6. The fourth-order valence-corrected chi connectivity index (χ4v) is 4.78. The third kappa shape index (κ3) is 4.67. The lowest BCUT2D eigenvalue weighted by atomic mass is 9.86. The van der Waals surface area contributed by atoms with Gasteiger partial charge in [0.2, 0.25) is 0 Å². The molecule has 0 spiro atoms. The Kier molecular flexibility index (Phi) is 6.97. The Balaban J connectivity index is 1.98. The number of hydrogen-bond acceptors (Lipinski definition) is 5. The van der Waals surface area contributed by atoms with Gasteiger partial charge in [-0.1, -0.05) is 28.4 Å². The van der Waals surface area contributed by atoms with Gasteiger partial charge in [0.05, 0.1) is 18.4 Å². The Morgan fingerprint density at radius 3 is 2.34 bits per heavy atom. The van der Waals surface area contributed by atoms with Crippen molar-refractivity contribution in [2.24, 2.45) is 5.16 Å². The van der Waals surface area contributed by atoms with Crippen LogP contribution in [0.15, 0.2) is 35.5 Å². The molecule has 0 fully saturated rings. The maximum absolute atomic E-state index is 14.2. The van der Waals surface area contributed by atoms with E-state index in [4.69, 9.17) is 28.0 Å². The Bertz CT molecular complexity index is 1100. The van der Waals surface area contributed by atoms with Gasteiger partial charge >= 0.3 is 12.3 Å². The number of nitrogens with zero attached hydrogens (tertiary/aromatic N) is 1. The number of alkyl carbamates (subject to hydrolysis) is 1. The monoisotopic (exact) mass is 600 g/mol. The maximum atomic E-state index is 14.2. The first-order valence-corrected chi connectivity index (χ1v) is 10.7. The third-order valence-electron chi connectivity index (χ3n) is 4.76. The SMILES string of the molecule is COC(=O)NC(=O)c1c(C)cc(C2=NOC(c3cc(Cl)cc(Cl)c3)(C(F)(F)F)C2)cc1I. The van der Waals surface area contributed by atoms with E-state index < -0.39 is 30.2 Å². The molecular weight excluding hydrogens is 587 g/mol. The molecule has 2 amide bonds. The highest BCUT2D eigenvalue weighted by molar-refractivity contribution is 14.1. The molecule has 0 radical (unpaired) electrons. The van der Waals surface area contributed by atoms with Crippen LogP contribution in [0.4, 0.5) is 18.0 Å². The number of alkyl halides is 3. The molecule has 0 aromatic heterocycles. The number of methoxy groups -OCH3 is 1. The van der Waals surface area contributed by atoms with Crippen molar-refractivity contribution in [1.82, 2.24) is 5.32 Å². The maximum Gasteiger partial charge on any atom is 0.435 e. The lowest BCUT2D eigenvalue weighted by Gasteiger charge is -2.29. The van der Waals surface area contributed by atoms with Crippen LogP contribution in [-0.4, -0.2) is 31.0 Å². The van der Waals surface area contributed by atoms with Gasteiger partial charge in [0.25, 0.3) is 11.5 Å². The van der Waals surface area contributed by atoms with Crippen LogP contribution in [0, 0.1) is 10.5 Å². The van der Waals surface area contributed by atoms with Crippen LogP contribution in [0.5, 0.6) is 0 Å². The van der Waals surface area contributed by atoms with Crippen molar-refractivity contribution < 1.29 is 32.3 Å². The minimum atomic E-state index is -4.82. The number of nitrogens with one attached hydrogen (secondary N) is 1. The zero-order valence-electron chi connectivity index (χ0n) is 16.4. The highest BCUT2D eigenvalue weighted by atomic mass is 127. The van der Waals surface area contributed by atoms with E-state index in [2.05, 4.69) is 9.89 Å². The topological polar surface area (TPSA) is 77.0 Å². The molecule has 0 saturated heterocycles. The highest BCUT2D eigenvalue weighted by Gasteiger charge is 2.62. The standard InChI is InChI=1S/C20H14Cl2F3IN2O4/c1-9-3-10(4-14(26)16(9)17(29)27-18(30)31-2)15-8-19(32-28-15,20(23,24)25)11-5-12(21)7-13(22)6-11/h3-7H,8H2,1-2H3,(H,27,29,30). The minimum Gasteiger partial charge on any atom is -0.453 e. The van der Waals surface area contributed by atoms with E-state index in [9.17, 15) is 22.8 Å². The van der Waals surface area contributed by atoms with Crippen LogP contribution < -0.4 is 5.32 Å². The Labute approximate surface area is 204 Å². The van der Waals surface area contributed by atoms with Crippen LogP contribution in [0.1, 0.15) is 33.5 Å². The summed E-state index contributed by atoms with van der Waals surface area (Å²) in [4.78, 5) is 28.6. The normalized spacial score (nSPS) is 18.1. The van der Waals surface area contributed by atoms with Crippen LogP contribution in [-0.2, 0) is 15.2 Å². The predicted molar refractivity (Wildman–Crippen MR) is 120 cm³/mol. The zero-order chi connectivity index (χ0) is 23.8. The zero-order valence-corrected chi connectivity index (χ0v) is 20.1. The summed E-state index contributed by atoms with van der Waals surface area (Å²) < 4.78 is 47.3. The highest BCUT2D eigenvalue weighted by Crippen LogP contribution is 2.49. The van der Waals surface area contributed by atoms with Gasteiger partial charge in [-0.05, 0) is 65.4 Å². The van der Waals surface area contributed by atoms with Gasteiger partial charge in [0.15, 0.2) is 0 Å². The van der Waals surface area contributed by atoms with Gasteiger partial charge in [-0.3, -0.25) is 10.1 Å². The van der Waals surface area contributed by atoms with Gasteiger partial charge in [0, 0.05) is 31.2 Å². The molecule has 0 aliphatic carbocycles. The van der Waals surface area contributed by atoms with E-state index in [1.807, 2.05) is 27.9 Å². The molecule has 3 rings (SSSR count). The molecule has 2 aromatic carbocycles. The number of oxime groups is 1. The number of hydrogen-bond donors (Lipinski definition) is 1. The molecule has 1 atom stereocenters. The first kappa shape index (κ1) is 24.6. The number of amides is 2. The van der Waals surface area contributed by atoms with E-state index in [-0.39, 0.29) is 26.9 Å². The van der Waals surface area contributed by atoms with Crippen molar-refractivity contribution in [3.63, 3.8) is 0 Å². The predicted octanol–water partition coefficient (Wildman–Crippen LogP) is 5.98. The molecule has 0 bridgehead atoms. The lowest BCUT2D eigenvalue weighted by molar-refractivity contribution is -0.275. The summed E-state index contributed by atoms with van der Waals surface area (Å²) in [5.74, 6) is -0.701. The first-order chi connectivity index (χ1) is 14.9. The van der Waals surface area contributed by atoms with Crippen LogP contribution >= 0.6 is 45.8 Å². The first-order valence-electron chi connectivity index (χ1n) is 8.86. The van der Waals surface area contributed by atoms with E-state index in [0.717, 1.165) is 19.2 Å². The number of rotatable bonds is 3. The van der Waals surface area contributed by atoms with Crippen molar-refractivity contribution in [2.75, 3.05) is 7.11 Å². The smallest absolute Gasteiger partial charge is 0.435 e. The Hall–Kier alpha value is -2.05. The van der Waals surface area contributed by atoms with Crippen molar-refractivity contribution in [3.8, 4) is 0 Å². The lowest BCUT2D eigenvalue weighted by Crippen LogP contribution is -2.42.